The predicted octanol–water partition coefficient (Wildman–Crippen LogP) is 1.52. The lowest BCUT2D eigenvalue weighted by Crippen LogP contribution is -2.25. The zero-order valence-corrected chi connectivity index (χ0v) is 10.0. The molecule has 0 fully saturated rings. The van der Waals surface area contributed by atoms with E-state index < -0.39 is 0 Å². The molecule has 0 aliphatic heterocycles. The van der Waals surface area contributed by atoms with Crippen molar-refractivity contribution in [3.05, 3.63) is 48.3 Å². The van der Waals surface area contributed by atoms with Crippen LogP contribution in [-0.4, -0.2) is 21.5 Å². The molecule has 0 amide bonds. The first-order valence-electron chi connectivity index (χ1n) is 5.89. The molecule has 1 atom stereocenters. The molecule has 2 rings (SSSR count). The van der Waals surface area contributed by atoms with Crippen molar-refractivity contribution >= 4 is 0 Å². The summed E-state index contributed by atoms with van der Waals surface area (Å²) in [4.78, 5) is 0. The van der Waals surface area contributed by atoms with E-state index in [0.717, 1.165) is 18.7 Å². The second-order valence-corrected chi connectivity index (χ2v) is 3.95. The largest absolute Gasteiger partial charge is 0.307 e. The van der Waals surface area contributed by atoms with Gasteiger partial charge in [-0.1, -0.05) is 35.5 Å². The number of hydrogen-bond donors (Lipinski definition) is 1. The van der Waals surface area contributed by atoms with Gasteiger partial charge in [0.25, 0.3) is 0 Å². The summed E-state index contributed by atoms with van der Waals surface area (Å²) in [5.41, 5.74) is 1.14. The van der Waals surface area contributed by atoms with Gasteiger partial charge < -0.3 is 5.32 Å². The number of aromatic nitrogens is 3. The molecule has 2 aromatic rings. The molecule has 1 heterocycles. The van der Waals surface area contributed by atoms with Crippen molar-refractivity contribution in [3.63, 3.8) is 0 Å². The number of hydrogen-bond acceptors (Lipinski definition) is 4. The highest BCUT2D eigenvalue weighted by Gasteiger charge is 2.09. The molecule has 5 nitrogen and oxygen atoms in total. The summed E-state index contributed by atoms with van der Waals surface area (Å²) in [6.07, 6.45) is 3.94. The third-order valence-corrected chi connectivity index (χ3v) is 2.70. The molecule has 1 aromatic heterocycles. The Morgan fingerprint density at radius 3 is 2.83 bits per heavy atom. The third kappa shape index (κ3) is 3.40. The van der Waals surface area contributed by atoms with Gasteiger partial charge in [-0.3, -0.25) is 4.68 Å². The molecule has 5 heteroatoms. The quantitative estimate of drug-likeness (QED) is 0.832. The van der Waals surface area contributed by atoms with Crippen LogP contribution in [-0.2, 0) is 6.54 Å². The first-order valence-corrected chi connectivity index (χ1v) is 5.89. The maximum absolute atomic E-state index is 8.86. The van der Waals surface area contributed by atoms with Crippen molar-refractivity contribution in [1.29, 1.82) is 5.26 Å². The van der Waals surface area contributed by atoms with Crippen LogP contribution in [0.4, 0.5) is 0 Å². The molecule has 0 bridgehead atoms. The molecule has 18 heavy (non-hydrogen) atoms. The van der Waals surface area contributed by atoms with Crippen molar-refractivity contribution in [2.24, 2.45) is 0 Å². The first kappa shape index (κ1) is 12.3. The lowest BCUT2D eigenvalue weighted by Gasteiger charge is -2.16. The van der Waals surface area contributed by atoms with E-state index in [-0.39, 0.29) is 6.04 Å². The fourth-order valence-corrected chi connectivity index (χ4v) is 1.79. The zero-order chi connectivity index (χ0) is 12.6. The molecule has 0 aliphatic rings. The Morgan fingerprint density at radius 2 is 2.17 bits per heavy atom. The average molecular weight is 241 g/mol. The number of benzene rings is 1. The molecule has 0 radical (unpaired) electrons. The number of rotatable bonds is 6. The highest BCUT2D eigenvalue weighted by Crippen LogP contribution is 2.15. The Labute approximate surface area is 106 Å². The molecule has 1 unspecified atom stereocenters. The standard InChI is InChI=1S/C13H15N5/c14-7-6-13(12-4-2-1-3-5-12)15-8-10-18-11-9-16-17-18/h1-5,9,11,13,15H,6,8,10H2. The topological polar surface area (TPSA) is 66.5 Å². The number of nitrogens with zero attached hydrogens (tertiary/aromatic N) is 4. The summed E-state index contributed by atoms with van der Waals surface area (Å²) in [6.45, 7) is 1.50. The number of nitriles is 1. The van der Waals surface area contributed by atoms with Crippen LogP contribution >= 0.6 is 0 Å². The van der Waals surface area contributed by atoms with E-state index >= 15 is 0 Å². The van der Waals surface area contributed by atoms with E-state index in [9.17, 15) is 0 Å². The summed E-state index contributed by atoms with van der Waals surface area (Å²) < 4.78 is 1.77. The average Bonchev–Trinajstić information content (AvgIpc) is 2.92. The normalized spacial score (nSPS) is 11.9. The van der Waals surface area contributed by atoms with Crippen molar-refractivity contribution in [2.45, 2.75) is 19.0 Å². The predicted molar refractivity (Wildman–Crippen MR) is 67.4 cm³/mol. The van der Waals surface area contributed by atoms with Crippen LogP contribution in [0.25, 0.3) is 0 Å². The molecule has 0 spiro atoms. The SMILES string of the molecule is N#CCC(NCCn1ccnn1)c1ccccc1. The van der Waals surface area contributed by atoms with Gasteiger partial charge in [0.2, 0.25) is 0 Å². The minimum Gasteiger partial charge on any atom is -0.307 e. The first-order chi connectivity index (χ1) is 8.90. The minimum absolute atomic E-state index is 0.0692. The van der Waals surface area contributed by atoms with E-state index in [1.807, 2.05) is 36.5 Å². The smallest absolute Gasteiger partial charge is 0.0692 e. The van der Waals surface area contributed by atoms with E-state index in [0.29, 0.717) is 6.42 Å². The number of nitrogens with one attached hydrogen (secondary N) is 1. The molecule has 1 N–H and O–H groups in total. The van der Waals surface area contributed by atoms with Gasteiger partial charge in [0.15, 0.2) is 0 Å². The zero-order valence-electron chi connectivity index (χ0n) is 10.0. The van der Waals surface area contributed by atoms with Crippen LogP contribution in [0.2, 0.25) is 0 Å². The van der Waals surface area contributed by atoms with E-state index in [1.54, 1.807) is 10.9 Å². The van der Waals surface area contributed by atoms with Crippen LogP contribution in [0.3, 0.4) is 0 Å². The molecule has 0 aliphatic carbocycles. The maximum atomic E-state index is 8.86. The molecule has 0 saturated carbocycles. The van der Waals surface area contributed by atoms with Gasteiger partial charge in [-0.25, -0.2) is 0 Å². The van der Waals surface area contributed by atoms with E-state index in [1.165, 1.54) is 0 Å². The van der Waals surface area contributed by atoms with Gasteiger partial charge in [0.1, 0.15) is 0 Å². The van der Waals surface area contributed by atoms with Crippen LogP contribution in [0.15, 0.2) is 42.7 Å². The van der Waals surface area contributed by atoms with Crippen LogP contribution < -0.4 is 5.32 Å². The lowest BCUT2D eigenvalue weighted by atomic mass is 10.0. The van der Waals surface area contributed by atoms with Gasteiger partial charge >= 0.3 is 0 Å². The lowest BCUT2D eigenvalue weighted by molar-refractivity contribution is 0.484. The summed E-state index contributed by atoms with van der Waals surface area (Å²) in [7, 11) is 0. The Balaban J connectivity index is 1.89. The molecule has 0 saturated heterocycles. The summed E-state index contributed by atoms with van der Waals surface area (Å²) >= 11 is 0. The minimum atomic E-state index is 0.0692. The highest BCUT2D eigenvalue weighted by molar-refractivity contribution is 5.19. The molecule has 1 aromatic carbocycles. The van der Waals surface area contributed by atoms with Crippen LogP contribution in [0.1, 0.15) is 18.0 Å². The van der Waals surface area contributed by atoms with Gasteiger partial charge in [0.05, 0.1) is 25.2 Å². The van der Waals surface area contributed by atoms with Crippen LogP contribution in [0, 0.1) is 11.3 Å². The fourth-order valence-electron chi connectivity index (χ4n) is 1.79. The second kappa shape index (κ2) is 6.52. The maximum Gasteiger partial charge on any atom is 0.0692 e. The van der Waals surface area contributed by atoms with Gasteiger partial charge in [0, 0.05) is 18.8 Å². The van der Waals surface area contributed by atoms with Crippen molar-refractivity contribution in [1.82, 2.24) is 20.3 Å². The molecular formula is C13H15N5. The van der Waals surface area contributed by atoms with E-state index in [4.69, 9.17) is 5.26 Å². The van der Waals surface area contributed by atoms with Gasteiger partial charge in [-0.05, 0) is 5.56 Å². The fraction of sp³-hybridized carbons (Fsp3) is 0.308. The summed E-state index contributed by atoms with van der Waals surface area (Å²) in [5.74, 6) is 0. The highest BCUT2D eigenvalue weighted by atomic mass is 15.4. The monoisotopic (exact) mass is 241 g/mol. The van der Waals surface area contributed by atoms with Crippen molar-refractivity contribution in [3.8, 4) is 6.07 Å². The Kier molecular flexibility index (Phi) is 4.45. The third-order valence-electron chi connectivity index (χ3n) is 2.70. The molecule has 92 valence electrons. The van der Waals surface area contributed by atoms with Crippen LogP contribution in [0.5, 0.6) is 0 Å². The van der Waals surface area contributed by atoms with E-state index in [2.05, 4.69) is 21.7 Å². The van der Waals surface area contributed by atoms with Crippen molar-refractivity contribution in [2.75, 3.05) is 6.54 Å². The summed E-state index contributed by atoms with van der Waals surface area (Å²) in [6, 6.07) is 12.3. The second-order valence-electron chi connectivity index (χ2n) is 3.95. The Morgan fingerprint density at radius 1 is 1.33 bits per heavy atom. The Bertz CT molecular complexity index is 486. The van der Waals surface area contributed by atoms with Gasteiger partial charge in [-0.15, -0.1) is 5.10 Å². The molecular weight excluding hydrogens is 226 g/mol. The Hall–Kier alpha value is -2.19. The summed E-state index contributed by atoms with van der Waals surface area (Å²) in [5, 5.41) is 19.9. The van der Waals surface area contributed by atoms with Crippen molar-refractivity contribution < 1.29 is 0 Å². The van der Waals surface area contributed by atoms with Gasteiger partial charge in [-0.2, -0.15) is 5.26 Å².